The molecule has 1 aliphatic rings. The van der Waals surface area contributed by atoms with E-state index in [-0.39, 0.29) is 26.0 Å². The molecule has 1 saturated heterocycles. The molecule has 1 N–H and O–H groups in total. The first kappa shape index (κ1) is 13.9. The Kier molecular flexibility index (Phi) is 4.42. The molecule has 0 spiro atoms. The van der Waals surface area contributed by atoms with Gasteiger partial charge in [0.1, 0.15) is 11.6 Å². The average molecular weight is 272 g/mol. The molecule has 6 heteroatoms. The number of hydrogen-bond donors (Lipinski definition) is 1. The van der Waals surface area contributed by atoms with Crippen molar-refractivity contribution in [3.05, 3.63) is 12.7 Å². The van der Waals surface area contributed by atoms with Crippen molar-refractivity contribution >= 4 is 12.1 Å². The van der Waals surface area contributed by atoms with Crippen LogP contribution in [-0.4, -0.2) is 53.0 Å². The highest BCUT2D eigenvalue weighted by Crippen LogP contribution is 2.23. The van der Waals surface area contributed by atoms with Crippen LogP contribution < -0.4 is 0 Å². The topological polar surface area (TPSA) is 76.1 Å². The fourth-order valence-electron chi connectivity index (χ4n) is 1.85. The van der Waals surface area contributed by atoms with Crippen LogP contribution in [0.25, 0.3) is 0 Å². The van der Waals surface area contributed by atoms with Gasteiger partial charge < -0.3 is 14.6 Å². The van der Waals surface area contributed by atoms with Crippen molar-refractivity contribution in [1.29, 1.82) is 0 Å². The maximum absolute atomic E-state index is 12.0. The van der Waals surface area contributed by atoms with E-state index in [1.54, 1.807) is 19.9 Å². The summed E-state index contributed by atoms with van der Waals surface area (Å²) in [5, 5.41) is 9.17. The number of likely N-dealkylation sites (tertiary alicyclic amines) is 1. The number of ether oxygens (including phenoxy) is 2. The number of carboxylic acid groups (broad SMARTS) is 1. The number of amides is 1. The molecule has 19 heavy (non-hydrogen) atoms. The van der Waals surface area contributed by atoms with Crippen LogP contribution in [0.3, 0.4) is 0 Å². The van der Waals surface area contributed by atoms with E-state index >= 15 is 0 Å². The van der Waals surface area contributed by atoms with E-state index < -0.39 is 23.7 Å². The zero-order valence-corrected chi connectivity index (χ0v) is 11.3. The Labute approximate surface area is 114 Å². The summed E-state index contributed by atoms with van der Waals surface area (Å²) in [6.07, 6.45) is 0.722. The molecule has 2 atom stereocenters. The molecule has 0 aromatic carbocycles. The monoisotopic (exact) mass is 272 g/mol. The van der Waals surface area contributed by atoms with E-state index in [2.05, 4.69) is 6.58 Å². The Hall–Kier alpha value is -1.56. The highest BCUT2D eigenvalue weighted by Gasteiger charge is 2.41. The molecule has 0 aromatic rings. The van der Waals surface area contributed by atoms with Crippen LogP contribution in [0.15, 0.2) is 12.7 Å². The zero-order valence-electron chi connectivity index (χ0n) is 12.3. The molecular formula is C13H21NO5. The number of carbonyl (C=O) groups is 2. The number of carbonyl (C=O) groups excluding carboxylic acids is 1. The van der Waals surface area contributed by atoms with Crippen molar-refractivity contribution in [2.45, 2.75) is 44.9 Å². The Balaban J connectivity index is 2.72. The summed E-state index contributed by atoms with van der Waals surface area (Å²) in [7, 11) is 0. The third-order valence-corrected chi connectivity index (χ3v) is 2.60. The van der Waals surface area contributed by atoms with E-state index in [1.165, 1.54) is 0 Å². The summed E-state index contributed by atoms with van der Waals surface area (Å²) in [6, 6.07) is -0.959. The quantitative estimate of drug-likeness (QED) is 0.787. The van der Waals surface area contributed by atoms with Crippen LogP contribution in [0.5, 0.6) is 0 Å². The lowest BCUT2D eigenvalue weighted by Crippen LogP contribution is -2.43. The van der Waals surface area contributed by atoms with Crippen LogP contribution in [0.2, 0.25) is 0 Å². The lowest BCUT2D eigenvalue weighted by atomic mass is 10.2. The Morgan fingerprint density at radius 2 is 2.32 bits per heavy atom. The second kappa shape index (κ2) is 6.06. The van der Waals surface area contributed by atoms with Crippen molar-refractivity contribution in [2.24, 2.45) is 0 Å². The fourth-order valence-corrected chi connectivity index (χ4v) is 1.85. The van der Waals surface area contributed by atoms with E-state index in [0.29, 0.717) is 6.61 Å². The lowest BCUT2D eigenvalue weighted by Gasteiger charge is -2.26. The lowest BCUT2D eigenvalue weighted by molar-refractivity contribution is -0.142. The molecule has 1 heterocycles. The van der Waals surface area contributed by atoms with Gasteiger partial charge in [0.15, 0.2) is 0 Å². The van der Waals surface area contributed by atoms with Crippen molar-refractivity contribution in [2.75, 3.05) is 13.2 Å². The molecule has 1 rings (SSSR count). The fraction of sp³-hybridized carbons (Fsp3) is 0.692. The Bertz CT molecular complexity index is 385. The standard InChI is InChI=1S/C13H21NO5/c1-5-6-18-9-7-10(11(15)16)14(8-9)12(17)19-13(2,3)4/h5,9-10H,1,6-8H2,2-4H3,(H,15,16)/t9-,10-/m0/s1/i2D. The highest BCUT2D eigenvalue weighted by molar-refractivity contribution is 5.81. The zero-order chi connectivity index (χ0) is 15.3. The van der Waals surface area contributed by atoms with Gasteiger partial charge in [-0.2, -0.15) is 0 Å². The molecule has 0 bridgehead atoms. The van der Waals surface area contributed by atoms with Gasteiger partial charge in [-0.1, -0.05) is 6.08 Å². The number of hydrogen-bond acceptors (Lipinski definition) is 4. The van der Waals surface area contributed by atoms with Crippen molar-refractivity contribution < 1.29 is 25.5 Å². The van der Waals surface area contributed by atoms with Gasteiger partial charge in [-0.3, -0.25) is 4.90 Å². The van der Waals surface area contributed by atoms with E-state index in [9.17, 15) is 9.59 Å². The van der Waals surface area contributed by atoms with E-state index in [4.69, 9.17) is 16.0 Å². The summed E-state index contributed by atoms with van der Waals surface area (Å²) >= 11 is 0. The molecule has 0 radical (unpaired) electrons. The minimum atomic E-state index is -1.09. The van der Waals surface area contributed by atoms with Crippen molar-refractivity contribution in [3.63, 3.8) is 0 Å². The number of rotatable bonds is 4. The van der Waals surface area contributed by atoms with Gasteiger partial charge >= 0.3 is 12.1 Å². The van der Waals surface area contributed by atoms with Gasteiger partial charge in [0.05, 0.1) is 19.3 Å². The first-order valence-corrected chi connectivity index (χ1v) is 6.05. The predicted octanol–water partition coefficient (Wildman–Crippen LogP) is 1.65. The maximum Gasteiger partial charge on any atom is 0.411 e. The molecule has 1 amide bonds. The van der Waals surface area contributed by atoms with Gasteiger partial charge in [-0.25, -0.2) is 9.59 Å². The molecular weight excluding hydrogens is 250 g/mol. The van der Waals surface area contributed by atoms with Gasteiger partial charge in [0, 0.05) is 7.79 Å². The van der Waals surface area contributed by atoms with Crippen LogP contribution in [-0.2, 0) is 14.3 Å². The third-order valence-electron chi connectivity index (χ3n) is 2.60. The summed E-state index contributed by atoms with van der Waals surface area (Å²) < 4.78 is 17.9. The van der Waals surface area contributed by atoms with Gasteiger partial charge in [-0.05, 0) is 20.7 Å². The summed E-state index contributed by atoms with van der Waals surface area (Å²) in [6.45, 7) is 7.11. The third kappa shape index (κ3) is 4.55. The first-order chi connectivity index (χ1) is 9.30. The number of aliphatic carboxylic acids is 1. The Morgan fingerprint density at radius 1 is 1.63 bits per heavy atom. The van der Waals surface area contributed by atoms with Crippen molar-refractivity contribution in [1.82, 2.24) is 4.90 Å². The van der Waals surface area contributed by atoms with E-state index in [0.717, 1.165) is 4.90 Å². The summed E-state index contributed by atoms with van der Waals surface area (Å²) in [5.41, 5.74) is -0.944. The molecule has 1 fully saturated rings. The van der Waals surface area contributed by atoms with Crippen LogP contribution in [0, 0.1) is 0 Å². The molecule has 0 unspecified atom stereocenters. The van der Waals surface area contributed by atoms with Crippen molar-refractivity contribution in [3.8, 4) is 0 Å². The summed E-state index contributed by atoms with van der Waals surface area (Å²) in [4.78, 5) is 24.4. The minimum absolute atomic E-state index is 0.0965. The van der Waals surface area contributed by atoms with Gasteiger partial charge in [0.25, 0.3) is 0 Å². The van der Waals surface area contributed by atoms with Crippen LogP contribution >= 0.6 is 0 Å². The minimum Gasteiger partial charge on any atom is -0.480 e. The SMILES string of the molecule is [2H]CC(C)(C)OC(=O)N1C[C@@H](OCC=C)C[C@H]1C(=O)O. The highest BCUT2D eigenvalue weighted by atomic mass is 16.6. The van der Waals surface area contributed by atoms with Gasteiger partial charge in [0.2, 0.25) is 0 Å². The average Bonchev–Trinajstić information content (AvgIpc) is 2.80. The summed E-state index contributed by atoms with van der Waals surface area (Å²) in [5.74, 6) is -1.09. The normalized spacial score (nSPS) is 23.9. The molecule has 1 aliphatic heterocycles. The Morgan fingerprint density at radius 3 is 2.84 bits per heavy atom. The van der Waals surface area contributed by atoms with E-state index in [1.807, 2.05) is 0 Å². The van der Waals surface area contributed by atoms with Crippen LogP contribution in [0.4, 0.5) is 4.79 Å². The first-order valence-electron chi connectivity index (χ1n) is 6.75. The smallest absolute Gasteiger partial charge is 0.411 e. The largest absolute Gasteiger partial charge is 0.480 e. The number of carboxylic acids is 1. The molecule has 108 valence electrons. The van der Waals surface area contributed by atoms with Crippen LogP contribution in [0.1, 0.15) is 28.5 Å². The molecule has 0 aliphatic carbocycles. The van der Waals surface area contributed by atoms with Gasteiger partial charge in [-0.15, -0.1) is 6.58 Å². The maximum atomic E-state index is 12.0. The number of nitrogens with zero attached hydrogens (tertiary/aromatic N) is 1. The molecule has 6 nitrogen and oxygen atoms in total. The molecule has 0 aromatic heterocycles. The second-order valence-corrected chi connectivity index (χ2v) is 5.11. The predicted molar refractivity (Wildman–Crippen MR) is 68.9 cm³/mol. The second-order valence-electron chi connectivity index (χ2n) is 5.11. The molecule has 0 saturated carbocycles.